The molecule has 3 rings (SSSR count). The van der Waals surface area contributed by atoms with Gasteiger partial charge in [0.15, 0.2) is 0 Å². The van der Waals surface area contributed by atoms with Gasteiger partial charge in [-0.25, -0.2) is 8.42 Å². The smallest absolute Gasteiger partial charge is 0.264 e. The lowest BCUT2D eigenvalue weighted by molar-refractivity contribution is 0.415. The van der Waals surface area contributed by atoms with E-state index < -0.39 is 14.4 Å². The van der Waals surface area contributed by atoms with Crippen molar-refractivity contribution in [3.63, 3.8) is 0 Å². The third-order valence-corrected chi connectivity index (χ3v) is 7.48. The zero-order chi connectivity index (χ0) is 19.1. The van der Waals surface area contributed by atoms with Gasteiger partial charge in [0, 0.05) is 12.5 Å². The van der Waals surface area contributed by atoms with E-state index in [0.717, 1.165) is 5.56 Å². The molecule has 4 nitrogen and oxygen atoms in total. The van der Waals surface area contributed by atoms with Gasteiger partial charge in [-0.1, -0.05) is 12.1 Å². The SMILES string of the molecule is COc1ccc(N(C[C@@H]2CC2(Cl)Cl)S(=O)(=O)c2cc(C)ccc2C)cc1. The third-order valence-electron chi connectivity index (χ3n) is 4.61. The summed E-state index contributed by atoms with van der Waals surface area (Å²) in [4.78, 5) is 0.295. The fraction of sp³-hybridized carbons (Fsp3) is 0.368. The number of methoxy groups -OCH3 is 1. The number of benzene rings is 2. The maximum absolute atomic E-state index is 13.4. The van der Waals surface area contributed by atoms with E-state index in [-0.39, 0.29) is 12.5 Å². The summed E-state index contributed by atoms with van der Waals surface area (Å²) in [7, 11) is -2.19. The quantitative estimate of drug-likeness (QED) is 0.644. The molecule has 0 spiro atoms. The Labute approximate surface area is 164 Å². The summed E-state index contributed by atoms with van der Waals surface area (Å²) in [6.07, 6.45) is 0.574. The number of halogens is 2. The molecule has 0 saturated heterocycles. The van der Waals surface area contributed by atoms with Gasteiger partial charge in [0.05, 0.1) is 17.7 Å². The molecule has 26 heavy (non-hydrogen) atoms. The summed E-state index contributed by atoms with van der Waals surface area (Å²) < 4.78 is 32.6. The lowest BCUT2D eigenvalue weighted by atomic mass is 10.2. The Morgan fingerprint density at radius 3 is 2.31 bits per heavy atom. The van der Waals surface area contributed by atoms with Crippen LogP contribution in [0.3, 0.4) is 0 Å². The van der Waals surface area contributed by atoms with E-state index in [9.17, 15) is 8.42 Å². The van der Waals surface area contributed by atoms with Gasteiger partial charge in [-0.2, -0.15) is 0 Å². The van der Waals surface area contributed by atoms with Crippen molar-refractivity contribution in [3.8, 4) is 5.75 Å². The Balaban J connectivity index is 2.05. The first kappa shape index (κ1) is 19.3. The van der Waals surface area contributed by atoms with Gasteiger partial charge in [0.2, 0.25) is 0 Å². The molecule has 0 aromatic heterocycles. The second-order valence-corrected chi connectivity index (χ2v) is 10.0. The molecule has 1 saturated carbocycles. The molecule has 1 atom stereocenters. The van der Waals surface area contributed by atoms with Crippen LogP contribution in [0, 0.1) is 19.8 Å². The number of anilines is 1. The van der Waals surface area contributed by atoms with Crippen LogP contribution in [-0.4, -0.2) is 26.4 Å². The Bertz CT molecular complexity index is 911. The van der Waals surface area contributed by atoms with Crippen LogP contribution >= 0.6 is 23.2 Å². The number of ether oxygens (including phenoxy) is 1. The van der Waals surface area contributed by atoms with Gasteiger partial charge in [-0.15, -0.1) is 23.2 Å². The summed E-state index contributed by atoms with van der Waals surface area (Å²) in [6, 6.07) is 12.4. The van der Waals surface area contributed by atoms with Crippen molar-refractivity contribution < 1.29 is 13.2 Å². The van der Waals surface area contributed by atoms with Crippen molar-refractivity contribution in [2.75, 3.05) is 18.0 Å². The molecule has 0 radical (unpaired) electrons. The Hall–Kier alpha value is -1.43. The lowest BCUT2D eigenvalue weighted by Crippen LogP contribution is -2.34. The predicted molar refractivity (Wildman–Crippen MR) is 106 cm³/mol. The highest BCUT2D eigenvalue weighted by Crippen LogP contribution is 2.54. The van der Waals surface area contributed by atoms with E-state index in [1.807, 2.05) is 19.1 Å². The summed E-state index contributed by atoms with van der Waals surface area (Å²) in [5.74, 6) is 0.557. The second-order valence-electron chi connectivity index (χ2n) is 6.67. The van der Waals surface area contributed by atoms with Crippen molar-refractivity contribution in [2.45, 2.75) is 29.5 Å². The normalized spacial score (nSPS) is 18.4. The average molecular weight is 414 g/mol. The van der Waals surface area contributed by atoms with Crippen molar-refractivity contribution in [1.29, 1.82) is 0 Å². The maximum atomic E-state index is 13.4. The zero-order valence-corrected chi connectivity index (χ0v) is 17.2. The van der Waals surface area contributed by atoms with Gasteiger partial charge in [0.1, 0.15) is 10.1 Å². The number of hydrogen-bond acceptors (Lipinski definition) is 3. The van der Waals surface area contributed by atoms with Gasteiger partial charge in [-0.3, -0.25) is 4.31 Å². The van der Waals surface area contributed by atoms with Crippen LogP contribution in [0.1, 0.15) is 17.5 Å². The molecule has 1 aliphatic carbocycles. The molecule has 0 unspecified atom stereocenters. The molecule has 1 aliphatic rings. The minimum absolute atomic E-state index is 0.104. The second kappa shape index (κ2) is 6.95. The van der Waals surface area contributed by atoms with E-state index in [1.54, 1.807) is 44.4 Å². The van der Waals surface area contributed by atoms with Crippen molar-refractivity contribution in [1.82, 2.24) is 0 Å². The van der Waals surface area contributed by atoms with Crippen LogP contribution in [0.4, 0.5) is 5.69 Å². The molecule has 0 aliphatic heterocycles. The fourth-order valence-corrected chi connectivity index (χ4v) is 5.20. The van der Waals surface area contributed by atoms with E-state index in [2.05, 4.69) is 0 Å². The van der Waals surface area contributed by atoms with E-state index >= 15 is 0 Å². The molecule has 2 aromatic rings. The first-order valence-electron chi connectivity index (χ1n) is 8.27. The lowest BCUT2D eigenvalue weighted by Gasteiger charge is -2.26. The van der Waals surface area contributed by atoms with Gasteiger partial charge in [0.25, 0.3) is 10.0 Å². The molecular formula is C19H21Cl2NO3S. The predicted octanol–water partition coefficient (Wildman–Crippen LogP) is 4.70. The molecular weight excluding hydrogens is 393 g/mol. The molecule has 0 amide bonds. The average Bonchev–Trinajstić information content (AvgIpc) is 3.21. The highest BCUT2D eigenvalue weighted by molar-refractivity contribution is 7.92. The maximum Gasteiger partial charge on any atom is 0.264 e. The Morgan fingerprint density at radius 1 is 1.15 bits per heavy atom. The Morgan fingerprint density at radius 2 is 1.77 bits per heavy atom. The van der Waals surface area contributed by atoms with Crippen LogP contribution in [0.2, 0.25) is 0 Å². The summed E-state index contributed by atoms with van der Waals surface area (Å²) in [6.45, 7) is 3.90. The van der Waals surface area contributed by atoms with E-state index in [0.29, 0.717) is 28.3 Å². The largest absolute Gasteiger partial charge is 0.497 e. The van der Waals surface area contributed by atoms with Gasteiger partial charge >= 0.3 is 0 Å². The highest BCUT2D eigenvalue weighted by Gasteiger charge is 2.53. The number of alkyl halides is 2. The third kappa shape index (κ3) is 3.80. The van der Waals surface area contributed by atoms with Crippen LogP contribution in [0.25, 0.3) is 0 Å². The van der Waals surface area contributed by atoms with Crippen LogP contribution in [-0.2, 0) is 10.0 Å². The summed E-state index contributed by atoms with van der Waals surface area (Å²) in [5.41, 5.74) is 2.15. The molecule has 0 heterocycles. The van der Waals surface area contributed by atoms with E-state index in [4.69, 9.17) is 27.9 Å². The fourth-order valence-electron chi connectivity index (χ4n) is 2.86. The molecule has 1 fully saturated rings. The standard InChI is InChI=1S/C19H21Cl2NO3S/c1-13-4-5-14(2)18(10-13)26(23,24)22(12-15-11-19(15,20)21)16-6-8-17(25-3)9-7-16/h4-10,15H,11-12H2,1-3H3/t15-/m0/s1. The summed E-state index contributed by atoms with van der Waals surface area (Å²) in [5, 5.41) is 0. The first-order chi connectivity index (χ1) is 12.1. The molecule has 140 valence electrons. The topological polar surface area (TPSA) is 46.6 Å². The number of sulfonamides is 1. The van der Waals surface area contributed by atoms with Crippen LogP contribution < -0.4 is 9.04 Å². The monoisotopic (exact) mass is 413 g/mol. The van der Waals surface area contributed by atoms with Crippen LogP contribution in [0.5, 0.6) is 5.75 Å². The highest BCUT2D eigenvalue weighted by atomic mass is 35.5. The number of rotatable bonds is 6. The zero-order valence-electron chi connectivity index (χ0n) is 14.9. The minimum atomic E-state index is -3.76. The number of hydrogen-bond donors (Lipinski definition) is 0. The van der Waals surface area contributed by atoms with E-state index in [1.165, 1.54) is 4.31 Å². The molecule has 0 bridgehead atoms. The van der Waals surface area contributed by atoms with Crippen molar-refractivity contribution in [3.05, 3.63) is 53.6 Å². The van der Waals surface area contributed by atoms with Crippen molar-refractivity contribution >= 4 is 38.9 Å². The number of aryl methyl sites for hydroxylation is 2. The first-order valence-corrected chi connectivity index (χ1v) is 10.5. The molecule has 7 heteroatoms. The number of nitrogens with zero attached hydrogens (tertiary/aromatic N) is 1. The minimum Gasteiger partial charge on any atom is -0.497 e. The van der Waals surface area contributed by atoms with Gasteiger partial charge < -0.3 is 4.74 Å². The summed E-state index contributed by atoms with van der Waals surface area (Å²) >= 11 is 12.3. The van der Waals surface area contributed by atoms with Gasteiger partial charge in [-0.05, 0) is 61.7 Å². The molecule has 2 aromatic carbocycles. The Kier molecular flexibility index (Phi) is 5.17. The van der Waals surface area contributed by atoms with Crippen molar-refractivity contribution in [2.24, 2.45) is 5.92 Å². The molecule has 0 N–H and O–H groups in total. The van der Waals surface area contributed by atoms with Crippen LogP contribution in [0.15, 0.2) is 47.4 Å².